The number of hydrogen-bond donors (Lipinski definition) is 0. The predicted molar refractivity (Wildman–Crippen MR) is 110 cm³/mol. The number of nitrogens with zero attached hydrogens (tertiary/aromatic N) is 5. The summed E-state index contributed by atoms with van der Waals surface area (Å²) in [7, 11) is 0. The molecule has 8 nitrogen and oxygen atoms in total. The molecule has 3 aromatic heterocycles. The fourth-order valence-electron chi connectivity index (χ4n) is 3.28. The Morgan fingerprint density at radius 1 is 1.18 bits per heavy atom. The minimum atomic E-state index is -4.67. The zero-order valence-corrected chi connectivity index (χ0v) is 18.2. The summed E-state index contributed by atoms with van der Waals surface area (Å²) in [6, 6.07) is 8.69. The molecule has 12 heteroatoms. The highest BCUT2D eigenvalue weighted by molar-refractivity contribution is 6.30. The lowest BCUT2D eigenvalue weighted by atomic mass is 10.1. The molecule has 3 heterocycles. The van der Waals surface area contributed by atoms with E-state index in [1.54, 1.807) is 44.2 Å². The molecule has 0 saturated heterocycles. The van der Waals surface area contributed by atoms with Crippen LogP contribution in [-0.2, 0) is 28.7 Å². The minimum absolute atomic E-state index is 0.00608. The molecule has 33 heavy (non-hydrogen) atoms. The molecule has 4 rings (SSSR count). The van der Waals surface area contributed by atoms with Crippen molar-refractivity contribution in [1.82, 2.24) is 24.7 Å². The Balaban J connectivity index is 1.38. The van der Waals surface area contributed by atoms with E-state index in [1.807, 2.05) is 0 Å². The Labute approximate surface area is 190 Å². The second kappa shape index (κ2) is 8.81. The third kappa shape index (κ3) is 4.98. The molecule has 0 spiro atoms. The van der Waals surface area contributed by atoms with Crippen molar-refractivity contribution < 1.29 is 27.2 Å². The first kappa shape index (κ1) is 22.7. The summed E-state index contributed by atoms with van der Waals surface area (Å²) >= 11 is 5.87. The van der Waals surface area contributed by atoms with Gasteiger partial charge in [0, 0.05) is 34.5 Å². The van der Waals surface area contributed by atoms with Gasteiger partial charge in [0.2, 0.25) is 0 Å². The van der Waals surface area contributed by atoms with E-state index in [4.69, 9.17) is 20.9 Å². The third-order valence-electron chi connectivity index (χ3n) is 4.96. The topological polar surface area (TPSA) is 95.4 Å². The third-order valence-corrected chi connectivity index (χ3v) is 5.21. The lowest BCUT2D eigenvalue weighted by molar-refractivity contribution is -0.146. The zero-order chi connectivity index (χ0) is 23.8. The SMILES string of the molecule is Cc1nc2nc(C(F)(F)F)nn2c(C)c1CCC(=O)OCc1cc(-c2ccc(Cl)cc2)no1. The van der Waals surface area contributed by atoms with Gasteiger partial charge in [0.1, 0.15) is 5.69 Å². The maximum atomic E-state index is 12.9. The maximum absolute atomic E-state index is 12.9. The summed E-state index contributed by atoms with van der Waals surface area (Å²) in [4.78, 5) is 19.7. The molecule has 0 aliphatic heterocycles. The van der Waals surface area contributed by atoms with Crippen LogP contribution in [0.4, 0.5) is 13.2 Å². The van der Waals surface area contributed by atoms with Crippen LogP contribution in [-0.4, -0.2) is 30.7 Å². The molecule has 1 aromatic carbocycles. The van der Waals surface area contributed by atoms with Gasteiger partial charge in [-0.2, -0.15) is 18.2 Å². The number of halogens is 4. The van der Waals surface area contributed by atoms with Crippen LogP contribution in [0.3, 0.4) is 0 Å². The molecule has 0 N–H and O–H groups in total. The van der Waals surface area contributed by atoms with E-state index in [1.165, 1.54) is 0 Å². The van der Waals surface area contributed by atoms with Gasteiger partial charge in [-0.25, -0.2) is 9.50 Å². The highest BCUT2D eigenvalue weighted by Gasteiger charge is 2.37. The molecule has 0 aliphatic rings. The van der Waals surface area contributed by atoms with Gasteiger partial charge in [0.05, 0.1) is 0 Å². The molecule has 0 radical (unpaired) electrons. The number of carbonyl (C=O) groups is 1. The van der Waals surface area contributed by atoms with Gasteiger partial charge in [0.15, 0.2) is 12.4 Å². The van der Waals surface area contributed by atoms with Gasteiger partial charge < -0.3 is 9.26 Å². The van der Waals surface area contributed by atoms with E-state index in [2.05, 4.69) is 20.2 Å². The molecule has 0 bridgehead atoms. The fraction of sp³-hybridized carbons (Fsp3) is 0.286. The molecule has 0 unspecified atom stereocenters. The second-order valence-corrected chi connectivity index (χ2v) is 7.69. The molecule has 0 amide bonds. The van der Waals surface area contributed by atoms with Gasteiger partial charge in [-0.3, -0.25) is 4.79 Å². The van der Waals surface area contributed by atoms with Crippen LogP contribution in [0.15, 0.2) is 34.9 Å². The van der Waals surface area contributed by atoms with Crippen LogP contribution < -0.4 is 0 Å². The van der Waals surface area contributed by atoms with Crippen molar-refractivity contribution in [1.29, 1.82) is 0 Å². The van der Waals surface area contributed by atoms with Crippen LogP contribution in [0, 0.1) is 13.8 Å². The van der Waals surface area contributed by atoms with E-state index in [0.29, 0.717) is 33.4 Å². The molecule has 0 fully saturated rings. The number of ether oxygens (including phenoxy) is 1. The number of fused-ring (bicyclic) bond motifs is 1. The first-order valence-electron chi connectivity index (χ1n) is 9.79. The van der Waals surface area contributed by atoms with Gasteiger partial charge in [-0.05, 0) is 38.0 Å². The van der Waals surface area contributed by atoms with E-state index in [0.717, 1.165) is 10.1 Å². The zero-order valence-electron chi connectivity index (χ0n) is 17.5. The number of aryl methyl sites for hydroxylation is 2. The molecule has 0 aliphatic carbocycles. The van der Waals surface area contributed by atoms with Crippen LogP contribution in [0.5, 0.6) is 0 Å². The fourth-order valence-corrected chi connectivity index (χ4v) is 3.40. The van der Waals surface area contributed by atoms with E-state index in [9.17, 15) is 18.0 Å². The summed E-state index contributed by atoms with van der Waals surface area (Å²) in [5.74, 6) is -1.55. The Kier molecular flexibility index (Phi) is 6.07. The van der Waals surface area contributed by atoms with Crippen LogP contribution in [0.25, 0.3) is 17.0 Å². The Morgan fingerprint density at radius 3 is 2.61 bits per heavy atom. The number of hydrogen-bond acceptors (Lipinski definition) is 7. The summed E-state index contributed by atoms with van der Waals surface area (Å²) in [6.07, 6.45) is -4.47. The van der Waals surface area contributed by atoms with Crippen molar-refractivity contribution in [3.05, 3.63) is 63.9 Å². The van der Waals surface area contributed by atoms with Crippen molar-refractivity contribution in [2.75, 3.05) is 0 Å². The lowest BCUT2D eigenvalue weighted by Gasteiger charge is -2.10. The number of esters is 1. The van der Waals surface area contributed by atoms with Gasteiger partial charge >= 0.3 is 12.1 Å². The largest absolute Gasteiger partial charge is 0.457 e. The Morgan fingerprint density at radius 2 is 1.91 bits per heavy atom. The molecular weight excluding hydrogens is 463 g/mol. The van der Waals surface area contributed by atoms with Crippen molar-refractivity contribution >= 4 is 23.3 Å². The standard InChI is InChI=1S/C21H17ClF3N5O3/c1-11-16(12(2)30-20(26-11)27-19(28-30)21(23,24)25)7-8-18(31)32-10-15-9-17(29-33-15)13-3-5-14(22)6-4-13/h3-6,9H,7-8,10H2,1-2H3. The minimum Gasteiger partial charge on any atom is -0.457 e. The first-order chi connectivity index (χ1) is 15.6. The molecule has 0 atom stereocenters. The second-order valence-electron chi connectivity index (χ2n) is 7.25. The normalized spacial score (nSPS) is 11.8. The molecule has 172 valence electrons. The number of aromatic nitrogens is 5. The lowest BCUT2D eigenvalue weighted by Crippen LogP contribution is -2.11. The average Bonchev–Trinajstić information content (AvgIpc) is 3.40. The van der Waals surface area contributed by atoms with Crippen LogP contribution >= 0.6 is 11.6 Å². The number of benzene rings is 1. The Hall–Kier alpha value is -3.47. The maximum Gasteiger partial charge on any atom is 0.453 e. The van der Waals surface area contributed by atoms with E-state index < -0.39 is 18.0 Å². The molecule has 4 aromatic rings. The Bertz CT molecular complexity index is 1320. The summed E-state index contributed by atoms with van der Waals surface area (Å²) < 4.78 is 50.2. The van der Waals surface area contributed by atoms with Crippen molar-refractivity contribution in [2.24, 2.45) is 0 Å². The van der Waals surface area contributed by atoms with Crippen molar-refractivity contribution in [2.45, 2.75) is 39.5 Å². The van der Waals surface area contributed by atoms with Gasteiger partial charge in [-0.1, -0.05) is 28.9 Å². The predicted octanol–water partition coefficient (Wildman–Crippen LogP) is 4.74. The van der Waals surface area contributed by atoms with E-state index in [-0.39, 0.29) is 25.2 Å². The number of carbonyl (C=O) groups excluding carboxylic acids is 1. The van der Waals surface area contributed by atoms with Gasteiger partial charge in [0.25, 0.3) is 11.6 Å². The van der Waals surface area contributed by atoms with Crippen molar-refractivity contribution in [3.8, 4) is 11.3 Å². The summed E-state index contributed by atoms with van der Waals surface area (Å²) in [6.45, 7) is 3.14. The van der Waals surface area contributed by atoms with E-state index >= 15 is 0 Å². The highest BCUT2D eigenvalue weighted by atomic mass is 35.5. The highest BCUT2D eigenvalue weighted by Crippen LogP contribution is 2.27. The number of alkyl halides is 3. The van der Waals surface area contributed by atoms with Crippen molar-refractivity contribution in [3.63, 3.8) is 0 Å². The quantitative estimate of drug-likeness (QED) is 0.368. The van der Waals surface area contributed by atoms with Crippen LogP contribution in [0.2, 0.25) is 5.02 Å². The first-order valence-corrected chi connectivity index (χ1v) is 10.2. The smallest absolute Gasteiger partial charge is 0.453 e. The van der Waals surface area contributed by atoms with Crippen LogP contribution in [0.1, 0.15) is 35.0 Å². The molecule has 0 saturated carbocycles. The summed E-state index contributed by atoms with van der Waals surface area (Å²) in [5.41, 5.74) is 2.88. The molecular formula is C21H17ClF3N5O3. The monoisotopic (exact) mass is 479 g/mol. The summed E-state index contributed by atoms with van der Waals surface area (Å²) in [5, 5.41) is 8.04. The average molecular weight is 480 g/mol. The van der Waals surface area contributed by atoms with Gasteiger partial charge in [-0.15, -0.1) is 5.10 Å². The number of rotatable bonds is 6.